The maximum atomic E-state index is 11.1. The smallest absolute Gasteiger partial charge is 0.221 e. The first kappa shape index (κ1) is 14.5. The van der Waals surface area contributed by atoms with Crippen LogP contribution < -0.4 is 11.5 Å². The lowest BCUT2D eigenvalue weighted by molar-refractivity contribution is -0.127. The maximum Gasteiger partial charge on any atom is 0.221 e. The zero-order valence-electron chi connectivity index (χ0n) is 10.1. The highest BCUT2D eigenvalue weighted by atomic mass is 35.5. The summed E-state index contributed by atoms with van der Waals surface area (Å²) in [5.74, 6) is -1.43. The molecular formula is C13H17ClN2O2. The van der Waals surface area contributed by atoms with Crippen LogP contribution in [-0.2, 0) is 16.0 Å². The van der Waals surface area contributed by atoms with Gasteiger partial charge in [-0.1, -0.05) is 23.7 Å². The predicted molar refractivity (Wildman–Crippen MR) is 70.9 cm³/mol. The van der Waals surface area contributed by atoms with Crippen molar-refractivity contribution >= 4 is 23.4 Å². The van der Waals surface area contributed by atoms with Crippen LogP contribution in [0, 0.1) is 5.92 Å². The number of carbonyl (C=O) groups is 2. The molecule has 4 N–H and O–H groups in total. The van der Waals surface area contributed by atoms with Gasteiger partial charge in [0.05, 0.1) is 0 Å². The Morgan fingerprint density at radius 2 is 1.78 bits per heavy atom. The van der Waals surface area contributed by atoms with Gasteiger partial charge in [0.1, 0.15) is 0 Å². The number of rotatable bonds is 7. The van der Waals surface area contributed by atoms with Crippen LogP contribution >= 0.6 is 11.6 Å². The molecule has 0 spiro atoms. The van der Waals surface area contributed by atoms with Gasteiger partial charge in [-0.3, -0.25) is 9.59 Å². The Balaban J connectivity index is 2.41. The summed E-state index contributed by atoms with van der Waals surface area (Å²) in [6, 6.07) is 7.53. The molecule has 1 rings (SSSR count). The quantitative estimate of drug-likeness (QED) is 0.788. The summed E-state index contributed by atoms with van der Waals surface area (Å²) in [5, 5.41) is 0.697. The number of amides is 2. The van der Waals surface area contributed by atoms with Crippen LogP contribution in [0.15, 0.2) is 24.3 Å². The summed E-state index contributed by atoms with van der Waals surface area (Å²) >= 11 is 5.78. The Hall–Kier alpha value is -1.55. The highest BCUT2D eigenvalue weighted by molar-refractivity contribution is 6.30. The van der Waals surface area contributed by atoms with Crippen LogP contribution in [0.4, 0.5) is 0 Å². The third-order valence-electron chi connectivity index (χ3n) is 2.78. The molecule has 5 heteroatoms. The van der Waals surface area contributed by atoms with Gasteiger partial charge in [-0.15, -0.1) is 0 Å². The van der Waals surface area contributed by atoms with Crippen molar-refractivity contribution in [3.05, 3.63) is 34.9 Å². The van der Waals surface area contributed by atoms with Gasteiger partial charge < -0.3 is 11.5 Å². The second kappa shape index (κ2) is 7.01. The summed E-state index contributed by atoms with van der Waals surface area (Å²) < 4.78 is 0. The van der Waals surface area contributed by atoms with Gasteiger partial charge in [0.15, 0.2) is 0 Å². The van der Waals surface area contributed by atoms with Gasteiger partial charge in [-0.2, -0.15) is 0 Å². The molecule has 1 aromatic carbocycles. The second-order valence-electron chi connectivity index (χ2n) is 4.29. The summed E-state index contributed by atoms with van der Waals surface area (Å²) in [7, 11) is 0. The molecule has 0 heterocycles. The van der Waals surface area contributed by atoms with E-state index in [4.69, 9.17) is 23.1 Å². The van der Waals surface area contributed by atoms with Gasteiger partial charge in [0.2, 0.25) is 11.8 Å². The molecule has 0 saturated carbocycles. The number of hydrogen-bond acceptors (Lipinski definition) is 2. The van der Waals surface area contributed by atoms with Gasteiger partial charge >= 0.3 is 0 Å². The molecule has 18 heavy (non-hydrogen) atoms. The molecule has 0 aliphatic heterocycles. The van der Waals surface area contributed by atoms with Crippen molar-refractivity contribution < 1.29 is 9.59 Å². The number of hydrogen-bond donors (Lipinski definition) is 2. The average Bonchev–Trinajstić information content (AvgIpc) is 2.29. The van der Waals surface area contributed by atoms with E-state index < -0.39 is 17.7 Å². The van der Waals surface area contributed by atoms with Crippen LogP contribution in [0.2, 0.25) is 5.02 Å². The molecule has 1 atom stereocenters. The van der Waals surface area contributed by atoms with E-state index in [2.05, 4.69) is 0 Å². The SMILES string of the molecule is NC(=O)CC(CCCc1ccc(Cl)cc1)C(N)=O. The largest absolute Gasteiger partial charge is 0.370 e. The van der Waals surface area contributed by atoms with Crippen molar-refractivity contribution in [2.45, 2.75) is 25.7 Å². The number of primary amides is 2. The zero-order valence-corrected chi connectivity index (χ0v) is 10.8. The number of carbonyl (C=O) groups excluding carboxylic acids is 2. The number of nitrogens with two attached hydrogens (primary N) is 2. The molecule has 98 valence electrons. The first-order valence-electron chi connectivity index (χ1n) is 5.81. The molecule has 1 unspecified atom stereocenters. The van der Waals surface area contributed by atoms with E-state index in [1.54, 1.807) is 0 Å². The number of benzene rings is 1. The summed E-state index contributed by atoms with van der Waals surface area (Å²) in [4.78, 5) is 21.9. The molecule has 0 aliphatic rings. The molecule has 1 aromatic rings. The van der Waals surface area contributed by atoms with Crippen LogP contribution in [0.3, 0.4) is 0 Å². The fraction of sp³-hybridized carbons (Fsp3) is 0.385. The normalized spacial score (nSPS) is 12.1. The molecule has 0 aromatic heterocycles. The van der Waals surface area contributed by atoms with E-state index in [1.807, 2.05) is 24.3 Å². The number of halogens is 1. The van der Waals surface area contributed by atoms with Gasteiger partial charge in [0.25, 0.3) is 0 Å². The van der Waals surface area contributed by atoms with E-state index in [0.29, 0.717) is 11.4 Å². The molecule has 4 nitrogen and oxygen atoms in total. The van der Waals surface area contributed by atoms with Crippen molar-refractivity contribution in [3.8, 4) is 0 Å². The van der Waals surface area contributed by atoms with Crippen molar-refractivity contribution in [1.29, 1.82) is 0 Å². The minimum atomic E-state index is -0.495. The zero-order chi connectivity index (χ0) is 13.5. The second-order valence-corrected chi connectivity index (χ2v) is 4.72. The Bertz CT molecular complexity index is 418. The average molecular weight is 269 g/mol. The number of aryl methyl sites for hydroxylation is 1. The van der Waals surface area contributed by atoms with E-state index in [0.717, 1.165) is 18.4 Å². The van der Waals surface area contributed by atoms with Crippen molar-refractivity contribution in [1.82, 2.24) is 0 Å². The highest BCUT2D eigenvalue weighted by Gasteiger charge is 2.17. The molecule has 0 aliphatic carbocycles. The minimum absolute atomic E-state index is 0.0238. The summed E-state index contributed by atoms with van der Waals surface area (Å²) in [6.45, 7) is 0. The van der Waals surface area contributed by atoms with Crippen LogP contribution in [-0.4, -0.2) is 11.8 Å². The fourth-order valence-corrected chi connectivity index (χ4v) is 1.92. The molecular weight excluding hydrogens is 252 g/mol. The summed E-state index contributed by atoms with van der Waals surface area (Å²) in [6.07, 6.45) is 2.19. The third kappa shape index (κ3) is 5.19. The first-order valence-corrected chi connectivity index (χ1v) is 6.19. The Morgan fingerprint density at radius 1 is 1.17 bits per heavy atom. The Morgan fingerprint density at radius 3 is 2.28 bits per heavy atom. The summed E-state index contributed by atoms with van der Waals surface area (Å²) in [5.41, 5.74) is 11.4. The van der Waals surface area contributed by atoms with Crippen LogP contribution in [0.25, 0.3) is 0 Å². The van der Waals surface area contributed by atoms with Crippen LogP contribution in [0.1, 0.15) is 24.8 Å². The minimum Gasteiger partial charge on any atom is -0.370 e. The van der Waals surface area contributed by atoms with E-state index in [1.165, 1.54) is 0 Å². The van der Waals surface area contributed by atoms with Gasteiger partial charge in [0, 0.05) is 17.4 Å². The standard InChI is InChI=1S/C13H17ClN2O2/c14-11-6-4-9(5-7-11)2-1-3-10(13(16)18)8-12(15)17/h4-7,10H,1-3,8H2,(H2,15,17)(H2,16,18). The Kier molecular flexibility index (Phi) is 5.65. The lowest BCUT2D eigenvalue weighted by atomic mass is 9.96. The topological polar surface area (TPSA) is 86.2 Å². The molecule has 0 fully saturated rings. The molecule has 0 radical (unpaired) electrons. The maximum absolute atomic E-state index is 11.1. The van der Waals surface area contributed by atoms with Crippen molar-refractivity contribution in [2.75, 3.05) is 0 Å². The van der Waals surface area contributed by atoms with E-state index in [-0.39, 0.29) is 6.42 Å². The molecule has 2 amide bonds. The van der Waals surface area contributed by atoms with Crippen molar-refractivity contribution in [2.24, 2.45) is 17.4 Å². The predicted octanol–water partition coefficient (Wildman–Crippen LogP) is 1.64. The third-order valence-corrected chi connectivity index (χ3v) is 3.03. The lowest BCUT2D eigenvalue weighted by Gasteiger charge is -2.10. The fourth-order valence-electron chi connectivity index (χ4n) is 1.79. The van der Waals surface area contributed by atoms with E-state index in [9.17, 15) is 9.59 Å². The van der Waals surface area contributed by atoms with Crippen LogP contribution in [0.5, 0.6) is 0 Å². The lowest BCUT2D eigenvalue weighted by Crippen LogP contribution is -2.28. The van der Waals surface area contributed by atoms with E-state index >= 15 is 0 Å². The molecule has 0 saturated heterocycles. The molecule has 0 bridgehead atoms. The monoisotopic (exact) mass is 268 g/mol. The van der Waals surface area contributed by atoms with Gasteiger partial charge in [-0.25, -0.2) is 0 Å². The first-order chi connectivity index (χ1) is 8.49. The highest BCUT2D eigenvalue weighted by Crippen LogP contribution is 2.15. The van der Waals surface area contributed by atoms with Crippen molar-refractivity contribution in [3.63, 3.8) is 0 Å². The van der Waals surface area contributed by atoms with Gasteiger partial charge in [-0.05, 0) is 37.0 Å². The Labute approximate surface area is 111 Å².